The highest BCUT2D eigenvalue weighted by molar-refractivity contribution is 5.92. The number of rotatable bonds is 8. The Bertz CT molecular complexity index is 1230. The lowest BCUT2D eigenvalue weighted by molar-refractivity contribution is 0.0946. The Morgan fingerprint density at radius 2 is 2.03 bits per heavy atom. The number of pyridine rings is 1. The van der Waals surface area contributed by atoms with E-state index in [0.717, 1.165) is 11.1 Å². The monoisotopic (exact) mass is 434 g/mol. The van der Waals surface area contributed by atoms with Gasteiger partial charge >= 0.3 is 0 Å². The lowest BCUT2D eigenvalue weighted by Gasteiger charge is -2.11. The molecule has 0 fully saturated rings. The van der Waals surface area contributed by atoms with Crippen molar-refractivity contribution in [3.05, 3.63) is 66.1 Å². The van der Waals surface area contributed by atoms with E-state index in [1.807, 2.05) is 13.0 Å². The molecule has 0 aliphatic carbocycles. The molecular formula is C22H22N6O4. The minimum Gasteiger partial charge on any atom is -0.497 e. The molecule has 3 heterocycles. The van der Waals surface area contributed by atoms with Crippen LogP contribution in [0.2, 0.25) is 0 Å². The molecule has 3 aromatic heterocycles. The van der Waals surface area contributed by atoms with Gasteiger partial charge in [0.1, 0.15) is 29.3 Å². The molecule has 1 aromatic carbocycles. The van der Waals surface area contributed by atoms with E-state index < -0.39 is 0 Å². The smallest absolute Gasteiger partial charge is 0.271 e. The van der Waals surface area contributed by atoms with Crippen molar-refractivity contribution in [3.8, 4) is 28.8 Å². The number of amides is 1. The largest absolute Gasteiger partial charge is 0.497 e. The number of carbonyl (C=O) groups is 1. The second-order valence-electron chi connectivity index (χ2n) is 6.80. The second-order valence-corrected chi connectivity index (χ2v) is 6.80. The SMILES string of the molecule is CCc1noc(-c2ccnc(-n3cnc(C(=O)NCc4cc(OC)ccc4OC)c3)c2)n1. The number of nitrogens with zero attached hydrogens (tertiary/aromatic N) is 5. The zero-order valence-corrected chi connectivity index (χ0v) is 17.9. The first-order valence-corrected chi connectivity index (χ1v) is 9.93. The van der Waals surface area contributed by atoms with Crippen LogP contribution in [0.3, 0.4) is 0 Å². The van der Waals surface area contributed by atoms with Crippen LogP contribution in [0.5, 0.6) is 11.5 Å². The third-order valence-corrected chi connectivity index (χ3v) is 4.78. The molecule has 0 radical (unpaired) electrons. The normalized spacial score (nSPS) is 10.7. The maximum absolute atomic E-state index is 12.6. The molecule has 10 nitrogen and oxygen atoms in total. The van der Waals surface area contributed by atoms with Gasteiger partial charge in [-0.15, -0.1) is 0 Å². The van der Waals surface area contributed by atoms with Gasteiger partial charge in [-0.2, -0.15) is 4.98 Å². The van der Waals surface area contributed by atoms with Gasteiger partial charge in [0.05, 0.1) is 14.2 Å². The lowest BCUT2D eigenvalue weighted by Crippen LogP contribution is -2.23. The van der Waals surface area contributed by atoms with Crippen molar-refractivity contribution in [2.75, 3.05) is 14.2 Å². The first-order chi connectivity index (χ1) is 15.6. The minimum absolute atomic E-state index is 0.255. The molecule has 32 heavy (non-hydrogen) atoms. The molecule has 0 atom stereocenters. The van der Waals surface area contributed by atoms with E-state index >= 15 is 0 Å². The molecule has 10 heteroatoms. The van der Waals surface area contributed by atoms with Crippen LogP contribution in [-0.4, -0.2) is 44.8 Å². The molecule has 164 valence electrons. The average molecular weight is 434 g/mol. The van der Waals surface area contributed by atoms with E-state index in [9.17, 15) is 4.79 Å². The average Bonchev–Trinajstić information content (AvgIpc) is 3.52. The molecule has 0 saturated heterocycles. The minimum atomic E-state index is -0.325. The number of hydrogen-bond acceptors (Lipinski definition) is 8. The third kappa shape index (κ3) is 4.43. The van der Waals surface area contributed by atoms with Crippen LogP contribution in [0.25, 0.3) is 17.3 Å². The summed E-state index contributed by atoms with van der Waals surface area (Å²) in [4.78, 5) is 25.5. The van der Waals surface area contributed by atoms with Crippen LogP contribution in [-0.2, 0) is 13.0 Å². The number of ether oxygens (including phenoxy) is 2. The van der Waals surface area contributed by atoms with Crippen molar-refractivity contribution in [2.24, 2.45) is 0 Å². The summed E-state index contributed by atoms with van der Waals surface area (Å²) in [5, 5.41) is 6.76. The molecule has 0 aliphatic rings. The molecule has 4 rings (SSSR count). The fourth-order valence-corrected chi connectivity index (χ4v) is 3.06. The number of nitrogens with one attached hydrogen (secondary N) is 1. The number of aryl methyl sites for hydroxylation is 1. The maximum atomic E-state index is 12.6. The van der Waals surface area contributed by atoms with Gasteiger partial charge < -0.3 is 19.3 Å². The number of methoxy groups -OCH3 is 2. The molecule has 0 spiro atoms. The fraction of sp³-hybridized carbons (Fsp3) is 0.227. The summed E-state index contributed by atoms with van der Waals surface area (Å²) in [5.41, 5.74) is 1.78. The van der Waals surface area contributed by atoms with Crippen LogP contribution in [0, 0.1) is 0 Å². The molecule has 0 bridgehead atoms. The number of carbonyl (C=O) groups excluding carboxylic acids is 1. The Labute approximate surface area is 184 Å². The summed E-state index contributed by atoms with van der Waals surface area (Å²) < 4.78 is 17.5. The Kier molecular flexibility index (Phi) is 6.11. The Balaban J connectivity index is 1.48. The number of imidazole rings is 1. The predicted octanol–water partition coefficient (Wildman–Crippen LogP) is 2.83. The third-order valence-electron chi connectivity index (χ3n) is 4.78. The number of benzene rings is 1. The molecule has 0 saturated carbocycles. The van der Waals surface area contributed by atoms with E-state index in [4.69, 9.17) is 14.0 Å². The van der Waals surface area contributed by atoms with E-state index in [2.05, 4.69) is 25.4 Å². The van der Waals surface area contributed by atoms with E-state index in [1.54, 1.807) is 55.4 Å². The van der Waals surface area contributed by atoms with Gasteiger partial charge in [-0.1, -0.05) is 12.1 Å². The maximum Gasteiger partial charge on any atom is 0.271 e. The molecule has 1 N–H and O–H groups in total. The van der Waals surface area contributed by atoms with Crippen LogP contribution in [0.4, 0.5) is 0 Å². The van der Waals surface area contributed by atoms with Crippen LogP contribution in [0.1, 0.15) is 28.8 Å². The number of aromatic nitrogens is 5. The molecule has 4 aromatic rings. The quantitative estimate of drug-likeness (QED) is 0.450. The summed E-state index contributed by atoms with van der Waals surface area (Å²) in [6.07, 6.45) is 5.45. The lowest BCUT2D eigenvalue weighted by atomic mass is 10.2. The van der Waals surface area contributed by atoms with Crippen LogP contribution < -0.4 is 14.8 Å². The Hall–Kier alpha value is -4.21. The van der Waals surface area contributed by atoms with E-state index in [1.165, 1.54) is 6.33 Å². The van der Waals surface area contributed by atoms with Crippen LogP contribution in [0.15, 0.2) is 53.6 Å². The summed E-state index contributed by atoms with van der Waals surface area (Å²) in [6.45, 7) is 2.21. The first-order valence-electron chi connectivity index (χ1n) is 9.93. The summed E-state index contributed by atoms with van der Waals surface area (Å²) in [7, 11) is 3.16. The Morgan fingerprint density at radius 3 is 2.78 bits per heavy atom. The van der Waals surface area contributed by atoms with Crippen molar-refractivity contribution in [2.45, 2.75) is 19.9 Å². The van der Waals surface area contributed by atoms with Crippen molar-refractivity contribution in [1.82, 2.24) is 30.0 Å². The van der Waals surface area contributed by atoms with E-state index in [0.29, 0.717) is 35.5 Å². The van der Waals surface area contributed by atoms with Gasteiger partial charge in [0, 0.05) is 36.5 Å². The zero-order valence-electron chi connectivity index (χ0n) is 17.9. The summed E-state index contributed by atoms with van der Waals surface area (Å²) in [5.74, 6) is 2.62. The molecular weight excluding hydrogens is 412 g/mol. The van der Waals surface area contributed by atoms with Gasteiger partial charge in [-0.25, -0.2) is 9.97 Å². The van der Waals surface area contributed by atoms with Gasteiger partial charge in [0.25, 0.3) is 11.8 Å². The first kappa shape index (κ1) is 21.0. The second kappa shape index (κ2) is 9.29. The Morgan fingerprint density at radius 1 is 1.16 bits per heavy atom. The number of hydrogen-bond donors (Lipinski definition) is 1. The van der Waals surface area contributed by atoms with Gasteiger partial charge in [0.2, 0.25) is 0 Å². The molecule has 0 aliphatic heterocycles. The van der Waals surface area contributed by atoms with Crippen molar-refractivity contribution in [3.63, 3.8) is 0 Å². The standard InChI is InChI=1S/C22H22N6O4/c1-4-19-26-22(32-27-19)14-7-8-23-20(10-14)28-12-17(25-13-28)21(29)24-11-15-9-16(30-2)5-6-18(15)31-3/h5-10,12-13H,4,11H2,1-3H3,(H,24,29). The summed E-state index contributed by atoms with van der Waals surface area (Å²) in [6, 6.07) is 8.97. The zero-order chi connectivity index (χ0) is 22.5. The van der Waals surface area contributed by atoms with Crippen molar-refractivity contribution < 1.29 is 18.8 Å². The van der Waals surface area contributed by atoms with E-state index in [-0.39, 0.29) is 18.1 Å². The van der Waals surface area contributed by atoms with Gasteiger partial charge in [-0.3, -0.25) is 9.36 Å². The van der Waals surface area contributed by atoms with Crippen molar-refractivity contribution in [1.29, 1.82) is 0 Å². The highest BCUT2D eigenvalue weighted by Crippen LogP contribution is 2.24. The predicted molar refractivity (Wildman–Crippen MR) is 115 cm³/mol. The fourth-order valence-electron chi connectivity index (χ4n) is 3.06. The van der Waals surface area contributed by atoms with Crippen molar-refractivity contribution >= 4 is 5.91 Å². The summed E-state index contributed by atoms with van der Waals surface area (Å²) >= 11 is 0. The highest BCUT2D eigenvalue weighted by Gasteiger charge is 2.14. The molecule has 1 amide bonds. The topological polar surface area (TPSA) is 117 Å². The van der Waals surface area contributed by atoms with Crippen LogP contribution >= 0.6 is 0 Å². The molecule has 0 unspecified atom stereocenters. The van der Waals surface area contributed by atoms with Gasteiger partial charge in [-0.05, 0) is 30.3 Å². The highest BCUT2D eigenvalue weighted by atomic mass is 16.5. The van der Waals surface area contributed by atoms with Gasteiger partial charge in [0.15, 0.2) is 5.82 Å².